The number of hydrogen-bond donors (Lipinski definition) is 3. The first-order valence-electron chi connectivity index (χ1n) is 6.43. The van der Waals surface area contributed by atoms with Crippen LogP contribution in [0.1, 0.15) is 46.5 Å². The fourth-order valence-corrected chi connectivity index (χ4v) is 2.11. The fourth-order valence-electron chi connectivity index (χ4n) is 2.11. The van der Waals surface area contributed by atoms with E-state index in [-0.39, 0.29) is 23.8 Å². The number of amides is 1. The van der Waals surface area contributed by atoms with Crippen molar-refractivity contribution in [2.75, 3.05) is 13.2 Å². The maximum Gasteiger partial charge on any atom is 0.223 e. The van der Waals surface area contributed by atoms with Gasteiger partial charge in [-0.25, -0.2) is 0 Å². The molecule has 0 unspecified atom stereocenters. The molecule has 1 fully saturated rings. The number of nitrogens with two attached hydrogens (primary N) is 1. The normalized spacial score (nSPS) is 30.1. The van der Waals surface area contributed by atoms with E-state index in [1.165, 1.54) is 0 Å². The second kappa shape index (κ2) is 5.36. The van der Waals surface area contributed by atoms with Crippen molar-refractivity contribution in [2.24, 2.45) is 17.1 Å². The number of carbonyl (C=O) groups excluding carboxylic acids is 1. The molecule has 4 heteroatoms. The van der Waals surface area contributed by atoms with Crippen molar-refractivity contribution in [1.29, 1.82) is 0 Å². The molecule has 0 aromatic heterocycles. The van der Waals surface area contributed by atoms with E-state index in [0.717, 1.165) is 25.7 Å². The number of aliphatic hydroxyl groups is 1. The highest BCUT2D eigenvalue weighted by Crippen LogP contribution is 2.30. The van der Waals surface area contributed by atoms with Gasteiger partial charge in [0.2, 0.25) is 5.91 Å². The van der Waals surface area contributed by atoms with E-state index >= 15 is 0 Å². The van der Waals surface area contributed by atoms with E-state index in [1.54, 1.807) is 0 Å². The lowest BCUT2D eigenvalue weighted by atomic mass is 9.77. The largest absolute Gasteiger partial charge is 0.394 e. The maximum atomic E-state index is 11.9. The zero-order valence-electron chi connectivity index (χ0n) is 11.3. The van der Waals surface area contributed by atoms with Gasteiger partial charge in [0.15, 0.2) is 0 Å². The first-order chi connectivity index (χ1) is 7.76. The first kappa shape index (κ1) is 14.5. The number of hydrogen-bond acceptors (Lipinski definition) is 3. The maximum absolute atomic E-state index is 11.9. The molecule has 4 N–H and O–H groups in total. The van der Waals surface area contributed by atoms with Gasteiger partial charge >= 0.3 is 0 Å². The van der Waals surface area contributed by atoms with E-state index in [0.29, 0.717) is 6.54 Å². The molecule has 4 nitrogen and oxygen atoms in total. The third kappa shape index (κ3) is 4.64. The molecule has 0 aromatic carbocycles. The highest BCUT2D eigenvalue weighted by molar-refractivity contribution is 5.78. The van der Waals surface area contributed by atoms with Crippen LogP contribution < -0.4 is 11.1 Å². The lowest BCUT2D eigenvalue weighted by Gasteiger charge is -2.35. The average Bonchev–Trinajstić information content (AvgIpc) is 2.26. The Morgan fingerprint density at radius 3 is 2.35 bits per heavy atom. The van der Waals surface area contributed by atoms with Gasteiger partial charge in [-0.3, -0.25) is 4.79 Å². The Morgan fingerprint density at radius 1 is 1.41 bits per heavy atom. The summed E-state index contributed by atoms with van der Waals surface area (Å²) in [5, 5.41) is 12.2. The predicted molar refractivity (Wildman–Crippen MR) is 68.4 cm³/mol. The van der Waals surface area contributed by atoms with Crippen LogP contribution in [0.4, 0.5) is 0 Å². The molecule has 0 radical (unpaired) electrons. The second-order valence-corrected chi connectivity index (χ2v) is 6.57. The Morgan fingerprint density at radius 2 is 1.94 bits per heavy atom. The zero-order chi connectivity index (χ0) is 13.1. The van der Waals surface area contributed by atoms with Crippen LogP contribution in [0, 0.1) is 11.3 Å². The van der Waals surface area contributed by atoms with Crippen molar-refractivity contribution in [3.05, 3.63) is 0 Å². The zero-order valence-corrected chi connectivity index (χ0v) is 11.3. The fraction of sp³-hybridized carbons (Fsp3) is 0.923. The minimum atomic E-state index is -0.458. The van der Waals surface area contributed by atoms with Gasteiger partial charge in [-0.1, -0.05) is 20.8 Å². The van der Waals surface area contributed by atoms with Crippen LogP contribution >= 0.6 is 0 Å². The molecular formula is C13H26N2O2. The van der Waals surface area contributed by atoms with E-state index < -0.39 is 5.54 Å². The van der Waals surface area contributed by atoms with E-state index in [4.69, 9.17) is 10.8 Å². The molecule has 0 heterocycles. The molecule has 1 aliphatic carbocycles. The van der Waals surface area contributed by atoms with Gasteiger partial charge in [-0.05, 0) is 31.1 Å². The van der Waals surface area contributed by atoms with Gasteiger partial charge < -0.3 is 16.2 Å². The van der Waals surface area contributed by atoms with Gasteiger partial charge in [0.05, 0.1) is 6.61 Å². The van der Waals surface area contributed by atoms with Crippen molar-refractivity contribution >= 4 is 5.91 Å². The molecule has 0 saturated heterocycles. The van der Waals surface area contributed by atoms with Crippen molar-refractivity contribution in [1.82, 2.24) is 5.32 Å². The van der Waals surface area contributed by atoms with Gasteiger partial charge in [0, 0.05) is 18.0 Å². The molecule has 17 heavy (non-hydrogen) atoms. The van der Waals surface area contributed by atoms with Gasteiger partial charge in [-0.15, -0.1) is 0 Å². The molecule has 0 aliphatic heterocycles. The van der Waals surface area contributed by atoms with Crippen molar-refractivity contribution in [3.8, 4) is 0 Å². The number of nitrogens with one attached hydrogen (secondary N) is 1. The summed E-state index contributed by atoms with van der Waals surface area (Å²) < 4.78 is 0. The molecule has 1 saturated carbocycles. The molecule has 1 rings (SSSR count). The first-order valence-corrected chi connectivity index (χ1v) is 6.43. The molecule has 0 atom stereocenters. The van der Waals surface area contributed by atoms with Crippen LogP contribution in [0.3, 0.4) is 0 Å². The Labute approximate surface area is 104 Å². The SMILES string of the molecule is CC(C)(C)CNC(=O)C1CCC(N)(CO)CC1. The molecule has 1 aliphatic rings. The Bertz CT molecular complexity index is 263. The monoisotopic (exact) mass is 242 g/mol. The minimum absolute atomic E-state index is 0.0172. The Balaban J connectivity index is 2.36. The Kier molecular flexibility index (Phi) is 4.55. The predicted octanol–water partition coefficient (Wildman–Crippen LogP) is 1.03. The van der Waals surface area contributed by atoms with Crippen LogP contribution in [0.2, 0.25) is 0 Å². The number of aliphatic hydroxyl groups excluding tert-OH is 1. The van der Waals surface area contributed by atoms with Crippen LogP contribution in [0.5, 0.6) is 0 Å². The summed E-state index contributed by atoms with van der Waals surface area (Å²) in [7, 11) is 0. The van der Waals surface area contributed by atoms with Gasteiger partial charge in [0.1, 0.15) is 0 Å². The molecular weight excluding hydrogens is 216 g/mol. The second-order valence-electron chi connectivity index (χ2n) is 6.57. The highest BCUT2D eigenvalue weighted by atomic mass is 16.3. The van der Waals surface area contributed by atoms with Crippen LogP contribution in [-0.4, -0.2) is 29.7 Å². The van der Waals surface area contributed by atoms with E-state index in [9.17, 15) is 4.79 Å². The van der Waals surface area contributed by atoms with Crippen LogP contribution in [0.25, 0.3) is 0 Å². The summed E-state index contributed by atoms with van der Waals surface area (Å²) in [5.41, 5.74) is 5.64. The Hall–Kier alpha value is -0.610. The summed E-state index contributed by atoms with van der Waals surface area (Å²) in [4.78, 5) is 11.9. The number of rotatable bonds is 3. The molecule has 0 spiro atoms. The van der Waals surface area contributed by atoms with E-state index in [1.807, 2.05) is 0 Å². The third-order valence-corrected chi connectivity index (χ3v) is 3.46. The van der Waals surface area contributed by atoms with Crippen molar-refractivity contribution in [3.63, 3.8) is 0 Å². The molecule has 100 valence electrons. The topological polar surface area (TPSA) is 75.4 Å². The summed E-state index contributed by atoms with van der Waals surface area (Å²) in [5.74, 6) is 0.209. The quantitative estimate of drug-likeness (QED) is 0.692. The van der Waals surface area contributed by atoms with Crippen molar-refractivity contribution in [2.45, 2.75) is 52.0 Å². The standard InChI is InChI=1S/C13H26N2O2/c1-12(2,3)8-15-11(17)10-4-6-13(14,9-16)7-5-10/h10,16H,4-9,14H2,1-3H3,(H,15,17). The van der Waals surface area contributed by atoms with Gasteiger partial charge in [0.25, 0.3) is 0 Å². The third-order valence-electron chi connectivity index (χ3n) is 3.46. The highest BCUT2D eigenvalue weighted by Gasteiger charge is 2.33. The van der Waals surface area contributed by atoms with Crippen LogP contribution in [0.15, 0.2) is 0 Å². The smallest absolute Gasteiger partial charge is 0.223 e. The minimum Gasteiger partial charge on any atom is -0.394 e. The molecule has 0 aromatic rings. The molecule has 0 bridgehead atoms. The lowest BCUT2D eigenvalue weighted by molar-refractivity contribution is -0.126. The number of carbonyl (C=O) groups is 1. The average molecular weight is 242 g/mol. The van der Waals surface area contributed by atoms with Gasteiger partial charge in [-0.2, -0.15) is 0 Å². The van der Waals surface area contributed by atoms with E-state index in [2.05, 4.69) is 26.1 Å². The van der Waals surface area contributed by atoms with Crippen LogP contribution in [-0.2, 0) is 4.79 Å². The summed E-state index contributed by atoms with van der Waals surface area (Å²) in [6.45, 7) is 7.03. The lowest BCUT2D eigenvalue weighted by Crippen LogP contribution is -2.49. The summed E-state index contributed by atoms with van der Waals surface area (Å²) >= 11 is 0. The summed E-state index contributed by atoms with van der Waals surface area (Å²) in [6.07, 6.45) is 3.04. The van der Waals surface area contributed by atoms with Crippen molar-refractivity contribution < 1.29 is 9.90 Å². The summed E-state index contributed by atoms with van der Waals surface area (Å²) in [6, 6.07) is 0. The molecule has 1 amide bonds.